The van der Waals surface area contributed by atoms with Gasteiger partial charge in [-0.25, -0.2) is 0 Å². The van der Waals surface area contributed by atoms with Gasteiger partial charge in [0.2, 0.25) is 0 Å². The largest absolute Gasteiger partial charge is 0.377 e. The molecule has 0 radical (unpaired) electrons. The lowest BCUT2D eigenvalue weighted by Gasteiger charge is -2.28. The highest BCUT2D eigenvalue weighted by Gasteiger charge is 2.19. The molecule has 1 rings (SSSR count). The molecule has 1 fully saturated rings. The Bertz CT molecular complexity index is 187. The van der Waals surface area contributed by atoms with Crippen molar-refractivity contribution in [3.8, 4) is 0 Å². The van der Waals surface area contributed by atoms with Gasteiger partial charge in [-0.1, -0.05) is 6.92 Å². The summed E-state index contributed by atoms with van der Waals surface area (Å²) in [6, 6.07) is 0.697. The van der Waals surface area contributed by atoms with Crippen molar-refractivity contribution in [1.29, 1.82) is 0 Å². The highest BCUT2D eigenvalue weighted by Crippen LogP contribution is 2.12. The number of ether oxygens (including phenoxy) is 1. The van der Waals surface area contributed by atoms with Crippen molar-refractivity contribution in [2.45, 2.75) is 58.6 Å². The minimum atomic E-state index is 0.401. The quantitative estimate of drug-likeness (QED) is 0.693. The summed E-state index contributed by atoms with van der Waals surface area (Å²) in [4.78, 5) is 2.59. The lowest BCUT2D eigenvalue weighted by Crippen LogP contribution is -2.38. The Hall–Kier alpha value is -0.120. The van der Waals surface area contributed by atoms with Gasteiger partial charge in [-0.2, -0.15) is 0 Å². The van der Waals surface area contributed by atoms with E-state index in [9.17, 15) is 0 Å². The first-order valence-corrected chi connectivity index (χ1v) is 7.30. The van der Waals surface area contributed by atoms with Crippen LogP contribution in [0.15, 0.2) is 0 Å². The van der Waals surface area contributed by atoms with Crippen LogP contribution in [0.1, 0.15) is 46.5 Å². The van der Waals surface area contributed by atoms with E-state index in [4.69, 9.17) is 4.74 Å². The molecule has 1 N–H and O–H groups in total. The van der Waals surface area contributed by atoms with Gasteiger partial charge < -0.3 is 10.1 Å². The van der Waals surface area contributed by atoms with Crippen LogP contribution in [-0.4, -0.2) is 49.8 Å². The second kappa shape index (κ2) is 8.90. The normalized spacial score (nSPS) is 24.5. The minimum absolute atomic E-state index is 0.401. The first-order chi connectivity index (χ1) is 8.24. The number of nitrogens with zero attached hydrogens (tertiary/aromatic N) is 1. The van der Waals surface area contributed by atoms with Gasteiger partial charge in [-0.15, -0.1) is 0 Å². The Morgan fingerprint density at radius 2 is 2.24 bits per heavy atom. The van der Waals surface area contributed by atoms with Crippen LogP contribution in [-0.2, 0) is 4.74 Å². The van der Waals surface area contributed by atoms with Crippen molar-refractivity contribution < 1.29 is 4.74 Å². The lowest BCUT2D eigenvalue weighted by atomic mass is 10.1. The highest BCUT2D eigenvalue weighted by atomic mass is 16.5. The second-order valence-electron chi connectivity index (χ2n) is 5.27. The molecule has 2 atom stereocenters. The molecule has 0 amide bonds. The highest BCUT2D eigenvalue weighted by molar-refractivity contribution is 4.73. The van der Waals surface area contributed by atoms with Crippen molar-refractivity contribution in [2.75, 3.05) is 32.8 Å². The molecular weight excluding hydrogens is 212 g/mol. The standard InChI is InChI=1S/C14H30N2O/c1-4-8-15-9-5-7-13(2)16-10-6-11-17-14(3)12-16/h13-15H,4-12H2,1-3H3. The second-order valence-corrected chi connectivity index (χ2v) is 5.27. The minimum Gasteiger partial charge on any atom is -0.377 e. The first-order valence-electron chi connectivity index (χ1n) is 7.30. The van der Waals surface area contributed by atoms with Crippen LogP contribution in [0.5, 0.6) is 0 Å². The molecule has 102 valence electrons. The molecule has 1 heterocycles. The molecule has 2 unspecified atom stereocenters. The predicted molar refractivity (Wildman–Crippen MR) is 73.5 cm³/mol. The number of nitrogens with one attached hydrogen (secondary N) is 1. The maximum Gasteiger partial charge on any atom is 0.0673 e. The molecule has 1 aliphatic heterocycles. The zero-order valence-corrected chi connectivity index (χ0v) is 11.9. The van der Waals surface area contributed by atoms with Crippen LogP contribution in [0.2, 0.25) is 0 Å². The molecule has 0 bridgehead atoms. The van der Waals surface area contributed by atoms with Crippen molar-refractivity contribution >= 4 is 0 Å². The molecule has 3 nitrogen and oxygen atoms in total. The summed E-state index contributed by atoms with van der Waals surface area (Å²) in [5.41, 5.74) is 0. The fraction of sp³-hybridized carbons (Fsp3) is 1.00. The van der Waals surface area contributed by atoms with Gasteiger partial charge >= 0.3 is 0 Å². The number of rotatable bonds is 7. The number of hydrogen-bond donors (Lipinski definition) is 1. The first kappa shape index (κ1) is 14.9. The zero-order chi connectivity index (χ0) is 12.5. The Morgan fingerprint density at radius 1 is 1.41 bits per heavy atom. The number of hydrogen-bond acceptors (Lipinski definition) is 3. The monoisotopic (exact) mass is 242 g/mol. The fourth-order valence-corrected chi connectivity index (χ4v) is 2.43. The van der Waals surface area contributed by atoms with Crippen molar-refractivity contribution in [3.05, 3.63) is 0 Å². The van der Waals surface area contributed by atoms with E-state index in [1.54, 1.807) is 0 Å². The summed E-state index contributed by atoms with van der Waals surface area (Å²) in [5.74, 6) is 0. The molecule has 1 aliphatic rings. The smallest absolute Gasteiger partial charge is 0.0673 e. The van der Waals surface area contributed by atoms with E-state index >= 15 is 0 Å². The fourth-order valence-electron chi connectivity index (χ4n) is 2.43. The SMILES string of the molecule is CCCNCCCC(C)N1CCCOC(C)C1. The maximum atomic E-state index is 5.69. The molecule has 0 saturated carbocycles. The van der Waals surface area contributed by atoms with Crippen molar-refractivity contribution in [2.24, 2.45) is 0 Å². The third kappa shape index (κ3) is 6.39. The van der Waals surface area contributed by atoms with Gasteiger partial charge in [0.1, 0.15) is 0 Å². The summed E-state index contributed by atoms with van der Waals surface area (Å²) < 4.78 is 5.69. The molecule has 3 heteroatoms. The summed E-state index contributed by atoms with van der Waals surface area (Å²) >= 11 is 0. The molecule has 1 saturated heterocycles. The molecule has 0 aromatic rings. The van der Waals surface area contributed by atoms with E-state index in [0.717, 1.165) is 26.2 Å². The summed E-state index contributed by atoms with van der Waals surface area (Å²) in [5, 5.41) is 3.47. The van der Waals surface area contributed by atoms with Crippen LogP contribution in [0.25, 0.3) is 0 Å². The van der Waals surface area contributed by atoms with Crippen LogP contribution in [0.4, 0.5) is 0 Å². The Labute approximate surface area is 107 Å². The van der Waals surface area contributed by atoms with Crippen LogP contribution in [0, 0.1) is 0 Å². The van der Waals surface area contributed by atoms with Gasteiger partial charge in [0.25, 0.3) is 0 Å². The average Bonchev–Trinajstić information content (AvgIpc) is 2.53. The molecule has 0 aromatic carbocycles. The van der Waals surface area contributed by atoms with Gasteiger partial charge in [0.05, 0.1) is 6.10 Å². The topological polar surface area (TPSA) is 24.5 Å². The van der Waals surface area contributed by atoms with Gasteiger partial charge in [0, 0.05) is 25.7 Å². The molecule has 17 heavy (non-hydrogen) atoms. The average molecular weight is 242 g/mol. The van der Waals surface area contributed by atoms with E-state index < -0.39 is 0 Å². The van der Waals surface area contributed by atoms with Gasteiger partial charge in [0.15, 0.2) is 0 Å². The Kier molecular flexibility index (Phi) is 7.82. The molecule has 0 aromatic heterocycles. The third-order valence-electron chi connectivity index (χ3n) is 3.51. The van der Waals surface area contributed by atoms with Crippen molar-refractivity contribution in [1.82, 2.24) is 10.2 Å². The van der Waals surface area contributed by atoms with Gasteiger partial charge in [-0.05, 0) is 52.6 Å². The van der Waals surface area contributed by atoms with E-state index in [1.165, 1.54) is 32.2 Å². The molecule has 0 aliphatic carbocycles. The molecular formula is C14H30N2O. The van der Waals surface area contributed by atoms with Crippen LogP contribution in [0.3, 0.4) is 0 Å². The van der Waals surface area contributed by atoms with Gasteiger partial charge in [-0.3, -0.25) is 4.90 Å². The zero-order valence-electron chi connectivity index (χ0n) is 11.9. The van der Waals surface area contributed by atoms with E-state index in [-0.39, 0.29) is 0 Å². The van der Waals surface area contributed by atoms with E-state index in [2.05, 4.69) is 31.0 Å². The Balaban J connectivity index is 2.14. The molecule has 0 spiro atoms. The maximum absolute atomic E-state index is 5.69. The summed E-state index contributed by atoms with van der Waals surface area (Å²) in [6.45, 7) is 12.3. The van der Waals surface area contributed by atoms with Crippen molar-refractivity contribution in [3.63, 3.8) is 0 Å². The Morgan fingerprint density at radius 3 is 3.00 bits per heavy atom. The summed E-state index contributed by atoms with van der Waals surface area (Å²) in [7, 11) is 0. The predicted octanol–water partition coefficient (Wildman–Crippen LogP) is 2.27. The van der Waals surface area contributed by atoms with Crippen LogP contribution < -0.4 is 5.32 Å². The lowest BCUT2D eigenvalue weighted by molar-refractivity contribution is 0.0612. The third-order valence-corrected chi connectivity index (χ3v) is 3.51. The summed E-state index contributed by atoms with van der Waals surface area (Å²) in [6.07, 6.45) is 5.40. The van der Waals surface area contributed by atoms with E-state index in [1.807, 2.05) is 0 Å². The van der Waals surface area contributed by atoms with E-state index in [0.29, 0.717) is 12.1 Å². The van der Waals surface area contributed by atoms with Crippen LogP contribution >= 0.6 is 0 Å².